The van der Waals surface area contributed by atoms with E-state index in [4.69, 9.17) is 0 Å². The van der Waals surface area contributed by atoms with Gasteiger partial charge in [0.15, 0.2) is 0 Å². The Kier molecular flexibility index (Phi) is 5.26. The van der Waals surface area contributed by atoms with Crippen LogP contribution in [0, 0.1) is 11.3 Å². The highest BCUT2D eigenvalue weighted by molar-refractivity contribution is 5.91. The first-order valence-electron chi connectivity index (χ1n) is 8.30. The maximum Gasteiger partial charge on any atom is 0.246 e. The SMILES string of the molecule is Cn1nccc1/C=C/C(=O)N1CCN(Cc2ccccc2)C(C#N)C1. The van der Waals surface area contributed by atoms with E-state index in [1.807, 2.05) is 31.3 Å². The number of rotatable bonds is 4. The van der Waals surface area contributed by atoms with Crippen LogP contribution in [-0.2, 0) is 18.4 Å². The zero-order valence-corrected chi connectivity index (χ0v) is 14.2. The number of benzene rings is 1. The molecular formula is C19H21N5O. The number of hydrogen-bond acceptors (Lipinski definition) is 4. The quantitative estimate of drug-likeness (QED) is 0.797. The van der Waals surface area contributed by atoms with Crippen LogP contribution < -0.4 is 0 Å². The normalized spacial score (nSPS) is 18.4. The van der Waals surface area contributed by atoms with Gasteiger partial charge < -0.3 is 4.90 Å². The molecule has 0 bridgehead atoms. The molecule has 2 aromatic rings. The highest BCUT2D eigenvalue weighted by Gasteiger charge is 2.28. The molecule has 2 heterocycles. The van der Waals surface area contributed by atoms with Crippen LogP contribution >= 0.6 is 0 Å². The van der Waals surface area contributed by atoms with E-state index in [2.05, 4.69) is 28.2 Å². The first-order valence-corrected chi connectivity index (χ1v) is 8.30. The Balaban J connectivity index is 1.61. The average Bonchev–Trinajstić information content (AvgIpc) is 3.06. The highest BCUT2D eigenvalue weighted by Crippen LogP contribution is 2.14. The van der Waals surface area contributed by atoms with Crippen molar-refractivity contribution in [3.05, 3.63) is 59.9 Å². The number of piperazine rings is 1. The van der Waals surface area contributed by atoms with Gasteiger partial charge in [-0.1, -0.05) is 30.3 Å². The summed E-state index contributed by atoms with van der Waals surface area (Å²) in [5, 5.41) is 13.6. The summed E-state index contributed by atoms with van der Waals surface area (Å²) >= 11 is 0. The molecule has 1 aromatic carbocycles. The summed E-state index contributed by atoms with van der Waals surface area (Å²) in [7, 11) is 1.83. The predicted octanol–water partition coefficient (Wildman–Crippen LogP) is 1.67. The number of carbonyl (C=O) groups excluding carboxylic acids is 1. The fourth-order valence-electron chi connectivity index (χ4n) is 2.96. The van der Waals surface area contributed by atoms with Gasteiger partial charge in [-0.15, -0.1) is 0 Å². The van der Waals surface area contributed by atoms with Crippen molar-refractivity contribution in [1.82, 2.24) is 19.6 Å². The summed E-state index contributed by atoms with van der Waals surface area (Å²) < 4.78 is 1.71. The second-order valence-corrected chi connectivity index (χ2v) is 6.10. The molecule has 128 valence electrons. The first kappa shape index (κ1) is 16.9. The molecule has 6 heteroatoms. The third kappa shape index (κ3) is 4.14. The van der Waals surface area contributed by atoms with Crippen LogP contribution in [0.15, 0.2) is 48.7 Å². The van der Waals surface area contributed by atoms with Crippen LogP contribution in [0.2, 0.25) is 0 Å². The van der Waals surface area contributed by atoms with E-state index in [1.54, 1.807) is 27.9 Å². The lowest BCUT2D eigenvalue weighted by molar-refractivity contribution is -0.128. The van der Waals surface area contributed by atoms with E-state index in [0.717, 1.165) is 12.2 Å². The van der Waals surface area contributed by atoms with Crippen molar-refractivity contribution >= 4 is 12.0 Å². The van der Waals surface area contributed by atoms with Crippen LogP contribution in [0.3, 0.4) is 0 Å². The van der Waals surface area contributed by atoms with E-state index < -0.39 is 0 Å². The van der Waals surface area contributed by atoms with Gasteiger partial charge in [0.05, 0.1) is 11.8 Å². The van der Waals surface area contributed by atoms with E-state index in [0.29, 0.717) is 19.6 Å². The second kappa shape index (κ2) is 7.77. The molecule has 1 aliphatic rings. The third-order valence-corrected chi connectivity index (χ3v) is 4.44. The Labute approximate surface area is 147 Å². The molecule has 0 spiro atoms. The van der Waals surface area contributed by atoms with Crippen molar-refractivity contribution in [2.75, 3.05) is 19.6 Å². The molecule has 1 unspecified atom stereocenters. The minimum Gasteiger partial charge on any atom is -0.335 e. The molecule has 1 aromatic heterocycles. The Morgan fingerprint density at radius 2 is 2.12 bits per heavy atom. The lowest BCUT2D eigenvalue weighted by Gasteiger charge is -2.37. The Hall–Kier alpha value is -2.91. The lowest BCUT2D eigenvalue weighted by Crippen LogP contribution is -2.53. The van der Waals surface area contributed by atoms with Gasteiger partial charge in [0.1, 0.15) is 6.04 Å². The number of amides is 1. The molecule has 25 heavy (non-hydrogen) atoms. The minimum atomic E-state index is -0.289. The molecule has 0 radical (unpaired) electrons. The zero-order valence-electron chi connectivity index (χ0n) is 14.2. The largest absolute Gasteiger partial charge is 0.335 e. The van der Waals surface area contributed by atoms with Gasteiger partial charge in [-0.25, -0.2) is 0 Å². The fourth-order valence-corrected chi connectivity index (χ4v) is 2.96. The van der Waals surface area contributed by atoms with Crippen molar-refractivity contribution in [2.24, 2.45) is 7.05 Å². The fraction of sp³-hybridized carbons (Fsp3) is 0.316. The van der Waals surface area contributed by atoms with Crippen LogP contribution in [0.4, 0.5) is 0 Å². The van der Waals surface area contributed by atoms with Crippen LogP contribution in [0.5, 0.6) is 0 Å². The number of carbonyl (C=O) groups is 1. The summed E-state index contributed by atoms with van der Waals surface area (Å²) in [6.07, 6.45) is 5.00. The number of nitriles is 1. The molecule has 1 saturated heterocycles. The number of aromatic nitrogens is 2. The standard InChI is InChI=1S/C19H21N5O/c1-22-17(9-10-21-22)7-8-19(25)24-12-11-23(18(13-20)15-24)14-16-5-3-2-4-6-16/h2-10,18H,11-12,14-15H2,1H3/b8-7+. The smallest absolute Gasteiger partial charge is 0.246 e. The molecule has 1 fully saturated rings. The highest BCUT2D eigenvalue weighted by atomic mass is 16.2. The lowest BCUT2D eigenvalue weighted by atomic mass is 10.1. The topological polar surface area (TPSA) is 65.2 Å². The van der Waals surface area contributed by atoms with E-state index in [9.17, 15) is 10.1 Å². The Morgan fingerprint density at radius 3 is 2.80 bits per heavy atom. The van der Waals surface area contributed by atoms with Gasteiger partial charge in [0.25, 0.3) is 0 Å². The summed E-state index contributed by atoms with van der Waals surface area (Å²) in [6, 6.07) is 14.0. The van der Waals surface area contributed by atoms with Crippen molar-refractivity contribution in [2.45, 2.75) is 12.6 Å². The van der Waals surface area contributed by atoms with E-state index in [1.165, 1.54) is 5.56 Å². The monoisotopic (exact) mass is 335 g/mol. The Morgan fingerprint density at radius 1 is 1.32 bits per heavy atom. The molecule has 1 aliphatic heterocycles. The van der Waals surface area contributed by atoms with Crippen molar-refractivity contribution in [3.63, 3.8) is 0 Å². The molecule has 3 rings (SSSR count). The number of hydrogen-bond donors (Lipinski definition) is 0. The van der Waals surface area contributed by atoms with Gasteiger partial charge >= 0.3 is 0 Å². The van der Waals surface area contributed by atoms with E-state index >= 15 is 0 Å². The summed E-state index contributed by atoms with van der Waals surface area (Å²) in [4.78, 5) is 16.3. The van der Waals surface area contributed by atoms with Crippen molar-refractivity contribution in [1.29, 1.82) is 5.26 Å². The zero-order chi connectivity index (χ0) is 17.6. The maximum atomic E-state index is 12.4. The maximum absolute atomic E-state index is 12.4. The van der Waals surface area contributed by atoms with Gasteiger partial charge in [-0.2, -0.15) is 10.4 Å². The van der Waals surface area contributed by atoms with Crippen LogP contribution in [-0.4, -0.2) is 51.2 Å². The number of aryl methyl sites for hydroxylation is 1. The molecule has 6 nitrogen and oxygen atoms in total. The molecule has 0 aliphatic carbocycles. The molecule has 0 N–H and O–H groups in total. The summed E-state index contributed by atoms with van der Waals surface area (Å²) in [5.41, 5.74) is 2.05. The molecule has 0 saturated carbocycles. The predicted molar refractivity (Wildman–Crippen MR) is 95.1 cm³/mol. The minimum absolute atomic E-state index is 0.0687. The van der Waals surface area contributed by atoms with Crippen LogP contribution in [0.1, 0.15) is 11.3 Å². The van der Waals surface area contributed by atoms with Crippen LogP contribution in [0.25, 0.3) is 6.08 Å². The van der Waals surface area contributed by atoms with Crippen molar-refractivity contribution in [3.8, 4) is 6.07 Å². The van der Waals surface area contributed by atoms with Gasteiger partial charge in [0, 0.05) is 45.5 Å². The Bertz CT molecular complexity index is 790. The molecular weight excluding hydrogens is 314 g/mol. The molecule has 1 amide bonds. The van der Waals surface area contributed by atoms with Crippen molar-refractivity contribution < 1.29 is 4.79 Å². The van der Waals surface area contributed by atoms with Gasteiger partial charge in [-0.3, -0.25) is 14.4 Å². The van der Waals surface area contributed by atoms with E-state index in [-0.39, 0.29) is 11.9 Å². The summed E-state index contributed by atoms with van der Waals surface area (Å²) in [5.74, 6) is -0.0687. The average molecular weight is 335 g/mol. The molecule has 1 atom stereocenters. The third-order valence-electron chi connectivity index (χ3n) is 4.44. The first-order chi connectivity index (χ1) is 12.2. The summed E-state index contributed by atoms with van der Waals surface area (Å²) in [6.45, 7) is 2.47. The second-order valence-electron chi connectivity index (χ2n) is 6.10. The van der Waals surface area contributed by atoms with Gasteiger partial charge in [-0.05, 0) is 17.7 Å². The van der Waals surface area contributed by atoms with Gasteiger partial charge in [0.2, 0.25) is 5.91 Å². The number of nitrogens with zero attached hydrogens (tertiary/aromatic N) is 5.